The van der Waals surface area contributed by atoms with Crippen LogP contribution in [0.3, 0.4) is 0 Å². The molecule has 0 atom stereocenters. The molecule has 7 nitrogen and oxygen atoms in total. The lowest BCUT2D eigenvalue weighted by Gasteiger charge is -2.13. The van der Waals surface area contributed by atoms with Crippen molar-refractivity contribution in [2.24, 2.45) is 5.41 Å². The first-order valence-corrected chi connectivity index (χ1v) is 7.18. The van der Waals surface area contributed by atoms with E-state index in [0.29, 0.717) is 18.9 Å². The molecule has 0 saturated heterocycles. The Morgan fingerprint density at radius 1 is 1.48 bits per heavy atom. The van der Waals surface area contributed by atoms with Gasteiger partial charge in [0.05, 0.1) is 4.92 Å². The first-order valence-electron chi connectivity index (χ1n) is 7.18. The van der Waals surface area contributed by atoms with Gasteiger partial charge in [-0.1, -0.05) is 6.92 Å². The third-order valence-corrected chi connectivity index (χ3v) is 4.01. The largest absolute Gasteiger partial charge is 0.370 e. The zero-order chi connectivity index (χ0) is 15.5. The molecule has 1 aliphatic rings. The van der Waals surface area contributed by atoms with Crippen molar-refractivity contribution in [1.82, 2.24) is 10.3 Å². The molecule has 1 aromatic heterocycles. The molecule has 0 bridgehead atoms. The summed E-state index contributed by atoms with van der Waals surface area (Å²) in [5, 5.41) is 16.8. The van der Waals surface area contributed by atoms with Gasteiger partial charge < -0.3 is 10.6 Å². The Morgan fingerprint density at radius 3 is 2.71 bits per heavy atom. The Morgan fingerprint density at radius 2 is 2.19 bits per heavy atom. The van der Waals surface area contributed by atoms with Gasteiger partial charge in [-0.25, -0.2) is 4.98 Å². The van der Waals surface area contributed by atoms with Crippen molar-refractivity contribution in [2.45, 2.75) is 33.1 Å². The third kappa shape index (κ3) is 3.48. The number of hydrogen-bond donors (Lipinski definition) is 2. The second kappa shape index (κ2) is 6.07. The van der Waals surface area contributed by atoms with E-state index < -0.39 is 10.8 Å². The van der Waals surface area contributed by atoms with E-state index in [2.05, 4.69) is 22.5 Å². The van der Waals surface area contributed by atoms with Crippen LogP contribution >= 0.6 is 0 Å². The molecule has 1 aromatic rings. The third-order valence-electron chi connectivity index (χ3n) is 4.01. The highest BCUT2D eigenvalue weighted by molar-refractivity contribution is 5.98. The van der Waals surface area contributed by atoms with E-state index in [9.17, 15) is 14.9 Å². The second-order valence-corrected chi connectivity index (χ2v) is 5.41. The van der Waals surface area contributed by atoms with Crippen LogP contribution in [-0.4, -0.2) is 28.9 Å². The zero-order valence-electron chi connectivity index (χ0n) is 12.3. The van der Waals surface area contributed by atoms with Gasteiger partial charge in [-0.2, -0.15) is 0 Å². The highest BCUT2D eigenvalue weighted by Crippen LogP contribution is 2.47. The minimum atomic E-state index is -0.579. The first-order chi connectivity index (χ1) is 10.0. The Bertz CT molecular complexity index is 555. The monoisotopic (exact) mass is 292 g/mol. The minimum absolute atomic E-state index is 0.0536. The molecule has 0 unspecified atom stereocenters. The molecule has 1 saturated carbocycles. The van der Waals surface area contributed by atoms with Crippen LogP contribution in [0.2, 0.25) is 0 Å². The Hall–Kier alpha value is -2.18. The van der Waals surface area contributed by atoms with Gasteiger partial charge in [-0.15, -0.1) is 0 Å². The van der Waals surface area contributed by atoms with E-state index in [1.54, 1.807) is 0 Å². The topological polar surface area (TPSA) is 97.2 Å². The second-order valence-electron chi connectivity index (χ2n) is 5.41. The normalized spacial score (nSPS) is 15.3. The fraction of sp³-hybridized carbons (Fsp3) is 0.571. The van der Waals surface area contributed by atoms with Crippen LogP contribution in [0.1, 0.15) is 43.5 Å². The summed E-state index contributed by atoms with van der Waals surface area (Å²) in [6.45, 7) is 5.18. The number of anilines is 1. The molecule has 1 aliphatic carbocycles. The summed E-state index contributed by atoms with van der Waals surface area (Å²) in [7, 11) is 0. The van der Waals surface area contributed by atoms with Gasteiger partial charge in [-0.05, 0) is 31.6 Å². The van der Waals surface area contributed by atoms with Gasteiger partial charge in [0.15, 0.2) is 0 Å². The summed E-state index contributed by atoms with van der Waals surface area (Å²) in [6, 6.07) is 1.43. The van der Waals surface area contributed by atoms with Crippen LogP contribution in [0.4, 0.5) is 11.5 Å². The molecule has 0 spiro atoms. The number of aromatic nitrogens is 1. The number of hydrogen-bond acceptors (Lipinski definition) is 5. The smallest absolute Gasteiger partial charge is 0.300 e. The number of nitrogens with one attached hydrogen (secondary N) is 2. The lowest BCUT2D eigenvalue weighted by atomic mass is 10.0. The van der Waals surface area contributed by atoms with Crippen LogP contribution in [0.5, 0.6) is 0 Å². The maximum Gasteiger partial charge on any atom is 0.300 e. The molecule has 114 valence electrons. The average Bonchev–Trinajstić information content (AvgIpc) is 3.25. The Balaban J connectivity index is 2.16. The molecule has 1 amide bonds. The van der Waals surface area contributed by atoms with E-state index >= 15 is 0 Å². The Kier molecular flexibility index (Phi) is 4.40. The van der Waals surface area contributed by atoms with Crippen molar-refractivity contribution in [3.05, 3.63) is 27.9 Å². The molecule has 0 radical (unpaired) electrons. The Labute approximate surface area is 123 Å². The number of rotatable bonds is 7. The number of amides is 1. The van der Waals surface area contributed by atoms with Crippen molar-refractivity contribution in [3.8, 4) is 0 Å². The maximum atomic E-state index is 12.2. The summed E-state index contributed by atoms with van der Waals surface area (Å²) in [4.78, 5) is 26.6. The fourth-order valence-electron chi connectivity index (χ4n) is 2.25. The van der Waals surface area contributed by atoms with Crippen molar-refractivity contribution >= 4 is 17.4 Å². The lowest BCUT2D eigenvalue weighted by Crippen LogP contribution is -2.30. The number of carbonyl (C=O) groups excluding carboxylic acids is 1. The average molecular weight is 292 g/mol. The molecule has 1 fully saturated rings. The fourth-order valence-corrected chi connectivity index (χ4v) is 2.25. The maximum absolute atomic E-state index is 12.2. The molecule has 21 heavy (non-hydrogen) atoms. The minimum Gasteiger partial charge on any atom is -0.370 e. The molecule has 2 rings (SSSR count). The van der Waals surface area contributed by atoms with Crippen molar-refractivity contribution in [2.75, 3.05) is 18.4 Å². The van der Waals surface area contributed by atoms with Gasteiger partial charge in [0.2, 0.25) is 0 Å². The molecule has 0 aromatic carbocycles. The van der Waals surface area contributed by atoms with Gasteiger partial charge in [0, 0.05) is 19.2 Å². The molecular formula is C14H20N4O3. The van der Waals surface area contributed by atoms with E-state index in [0.717, 1.165) is 25.5 Å². The van der Waals surface area contributed by atoms with E-state index in [4.69, 9.17) is 0 Å². The standard InChI is InChI=1S/C14H20N4O3/c1-3-14(5-6-14)9-17-13(19)10-7-12(15-4-2)16-8-11(10)18(20)21/h7-8H,3-6,9H2,1-2H3,(H,15,16)(H,17,19). The van der Waals surface area contributed by atoms with Gasteiger partial charge in [0.1, 0.15) is 17.6 Å². The van der Waals surface area contributed by atoms with Crippen LogP contribution in [0.25, 0.3) is 0 Å². The van der Waals surface area contributed by atoms with Crippen LogP contribution in [0.15, 0.2) is 12.3 Å². The highest BCUT2D eigenvalue weighted by atomic mass is 16.6. The molecule has 2 N–H and O–H groups in total. The summed E-state index contributed by atoms with van der Waals surface area (Å²) in [5.41, 5.74) is -0.0181. The van der Waals surface area contributed by atoms with Crippen LogP contribution < -0.4 is 10.6 Å². The first kappa shape index (κ1) is 15.2. The van der Waals surface area contributed by atoms with Crippen LogP contribution in [0, 0.1) is 15.5 Å². The summed E-state index contributed by atoms with van der Waals surface area (Å²) >= 11 is 0. The number of pyridine rings is 1. The number of carbonyl (C=O) groups is 1. The highest BCUT2D eigenvalue weighted by Gasteiger charge is 2.41. The van der Waals surface area contributed by atoms with Crippen LogP contribution in [-0.2, 0) is 0 Å². The zero-order valence-corrected chi connectivity index (χ0v) is 12.3. The lowest BCUT2D eigenvalue weighted by molar-refractivity contribution is -0.385. The quantitative estimate of drug-likeness (QED) is 0.594. The molecule has 1 heterocycles. The predicted octanol–water partition coefficient (Wildman–Crippen LogP) is 2.34. The molecular weight excluding hydrogens is 272 g/mol. The molecule has 7 heteroatoms. The van der Waals surface area contributed by atoms with E-state index in [-0.39, 0.29) is 16.7 Å². The summed E-state index contributed by atoms with van der Waals surface area (Å²) < 4.78 is 0. The SMILES string of the molecule is CCNc1cc(C(=O)NCC2(CC)CC2)c([N+](=O)[O-])cn1. The summed E-state index contributed by atoms with van der Waals surface area (Å²) in [5.74, 6) is 0.0489. The predicted molar refractivity (Wildman–Crippen MR) is 79.3 cm³/mol. The van der Waals surface area contributed by atoms with E-state index in [1.807, 2.05) is 6.92 Å². The van der Waals surface area contributed by atoms with E-state index in [1.165, 1.54) is 6.07 Å². The van der Waals surface area contributed by atoms with Crippen molar-refractivity contribution in [3.63, 3.8) is 0 Å². The number of nitrogens with zero attached hydrogens (tertiary/aromatic N) is 2. The van der Waals surface area contributed by atoms with Gasteiger partial charge >= 0.3 is 0 Å². The summed E-state index contributed by atoms with van der Waals surface area (Å²) in [6.07, 6.45) is 4.34. The van der Waals surface area contributed by atoms with Gasteiger partial charge in [-0.3, -0.25) is 14.9 Å². The number of nitro groups is 1. The van der Waals surface area contributed by atoms with Gasteiger partial charge in [0.25, 0.3) is 11.6 Å². The molecule has 0 aliphatic heterocycles. The van der Waals surface area contributed by atoms with Crippen molar-refractivity contribution in [1.29, 1.82) is 0 Å². The van der Waals surface area contributed by atoms with Crippen molar-refractivity contribution < 1.29 is 9.72 Å².